The number of imidazole rings is 1. The van der Waals surface area contributed by atoms with Gasteiger partial charge in [0.25, 0.3) is 0 Å². The fourth-order valence-corrected chi connectivity index (χ4v) is 2.84. The van der Waals surface area contributed by atoms with Gasteiger partial charge in [0.05, 0.1) is 11.9 Å². The van der Waals surface area contributed by atoms with Crippen LogP contribution in [0.25, 0.3) is 16.1 Å². The van der Waals surface area contributed by atoms with Gasteiger partial charge in [-0.05, 0) is 17.5 Å². The van der Waals surface area contributed by atoms with Gasteiger partial charge in [-0.1, -0.05) is 31.2 Å². The zero-order valence-corrected chi connectivity index (χ0v) is 10.4. The van der Waals surface area contributed by atoms with Crippen LogP contribution in [0, 0.1) is 0 Å². The second-order valence-electron chi connectivity index (χ2n) is 3.96. The van der Waals surface area contributed by atoms with Crippen molar-refractivity contribution in [2.45, 2.75) is 13.3 Å². The van der Waals surface area contributed by atoms with Crippen molar-refractivity contribution in [2.75, 3.05) is 5.73 Å². The maximum atomic E-state index is 5.87. The molecule has 0 amide bonds. The van der Waals surface area contributed by atoms with E-state index in [0.29, 0.717) is 5.95 Å². The van der Waals surface area contributed by atoms with Crippen molar-refractivity contribution in [2.24, 2.45) is 0 Å². The topological polar surface area (TPSA) is 43.3 Å². The normalized spacial score (nSPS) is 11.1. The number of nitrogen functional groups attached to an aromatic ring is 1. The molecule has 0 radical (unpaired) electrons. The highest BCUT2D eigenvalue weighted by molar-refractivity contribution is 7.16. The second kappa shape index (κ2) is 3.89. The Balaban J connectivity index is 2.16. The van der Waals surface area contributed by atoms with Gasteiger partial charge in [-0.3, -0.25) is 4.40 Å². The number of fused-ring (bicyclic) bond motifs is 1. The van der Waals surface area contributed by atoms with E-state index >= 15 is 0 Å². The molecule has 2 aromatic heterocycles. The molecule has 3 nitrogen and oxygen atoms in total. The van der Waals surface area contributed by atoms with Crippen LogP contribution in [0.1, 0.15) is 12.5 Å². The van der Waals surface area contributed by atoms with Crippen molar-refractivity contribution >= 4 is 22.1 Å². The summed E-state index contributed by atoms with van der Waals surface area (Å²) in [6.45, 7) is 2.16. The Morgan fingerprint density at radius 1 is 1.29 bits per heavy atom. The molecule has 0 aliphatic heterocycles. The number of benzene rings is 1. The summed E-state index contributed by atoms with van der Waals surface area (Å²) in [7, 11) is 0. The number of anilines is 1. The lowest BCUT2D eigenvalue weighted by atomic mass is 10.1. The minimum atomic E-state index is 0.552. The summed E-state index contributed by atoms with van der Waals surface area (Å²) >= 11 is 1.66. The third-order valence-corrected chi connectivity index (χ3v) is 3.82. The van der Waals surface area contributed by atoms with E-state index in [9.17, 15) is 0 Å². The molecule has 0 fully saturated rings. The van der Waals surface area contributed by atoms with E-state index in [1.165, 1.54) is 11.1 Å². The molecule has 2 heterocycles. The quantitative estimate of drug-likeness (QED) is 0.751. The van der Waals surface area contributed by atoms with Gasteiger partial charge in [-0.2, -0.15) is 0 Å². The summed E-state index contributed by atoms with van der Waals surface area (Å²) in [5, 5.41) is 2.12. The Morgan fingerprint density at radius 3 is 2.76 bits per heavy atom. The van der Waals surface area contributed by atoms with Crippen LogP contribution >= 0.6 is 11.3 Å². The summed E-state index contributed by atoms with van der Waals surface area (Å²) in [4.78, 5) is 5.21. The van der Waals surface area contributed by atoms with Crippen LogP contribution in [0.4, 0.5) is 5.95 Å². The van der Waals surface area contributed by atoms with Crippen LogP contribution in [-0.2, 0) is 6.42 Å². The summed E-state index contributed by atoms with van der Waals surface area (Å²) in [5.41, 5.74) is 9.51. The first-order valence-corrected chi connectivity index (χ1v) is 6.47. The first-order chi connectivity index (χ1) is 8.29. The summed E-state index contributed by atoms with van der Waals surface area (Å²) < 4.78 is 1.99. The molecular formula is C13H13N3S. The molecule has 0 aliphatic carbocycles. The first-order valence-electron chi connectivity index (χ1n) is 5.59. The molecule has 0 spiro atoms. The maximum absolute atomic E-state index is 5.87. The number of aromatic nitrogens is 2. The van der Waals surface area contributed by atoms with Gasteiger partial charge >= 0.3 is 0 Å². The number of rotatable bonds is 2. The third-order valence-electron chi connectivity index (χ3n) is 2.95. The molecule has 0 bridgehead atoms. The van der Waals surface area contributed by atoms with Crippen molar-refractivity contribution in [3.8, 4) is 11.3 Å². The largest absolute Gasteiger partial charge is 0.369 e. The minimum absolute atomic E-state index is 0.552. The van der Waals surface area contributed by atoms with E-state index in [1.807, 2.05) is 10.6 Å². The minimum Gasteiger partial charge on any atom is -0.369 e. The van der Waals surface area contributed by atoms with Crippen LogP contribution < -0.4 is 5.73 Å². The highest BCUT2D eigenvalue weighted by Gasteiger charge is 2.09. The molecule has 0 aliphatic rings. The van der Waals surface area contributed by atoms with Crippen molar-refractivity contribution in [3.05, 3.63) is 41.4 Å². The molecule has 4 heteroatoms. The Hall–Kier alpha value is -1.81. The highest BCUT2D eigenvalue weighted by Crippen LogP contribution is 2.28. The van der Waals surface area contributed by atoms with Crippen molar-refractivity contribution < 1.29 is 0 Å². The Kier molecular flexibility index (Phi) is 2.37. The molecule has 2 N–H and O–H groups in total. The first kappa shape index (κ1) is 10.4. The average molecular weight is 243 g/mol. The van der Waals surface area contributed by atoms with Gasteiger partial charge in [0, 0.05) is 5.38 Å². The van der Waals surface area contributed by atoms with Gasteiger partial charge in [-0.25, -0.2) is 4.98 Å². The highest BCUT2D eigenvalue weighted by atomic mass is 32.1. The number of aryl methyl sites for hydroxylation is 1. The molecule has 17 heavy (non-hydrogen) atoms. The van der Waals surface area contributed by atoms with Gasteiger partial charge in [0.15, 0.2) is 0 Å². The summed E-state index contributed by atoms with van der Waals surface area (Å²) in [5.74, 6) is 0.552. The predicted molar refractivity (Wildman–Crippen MR) is 72.3 cm³/mol. The zero-order valence-electron chi connectivity index (χ0n) is 9.55. The van der Waals surface area contributed by atoms with Gasteiger partial charge < -0.3 is 5.73 Å². The molecule has 0 saturated heterocycles. The van der Waals surface area contributed by atoms with E-state index in [1.54, 1.807) is 11.3 Å². The van der Waals surface area contributed by atoms with E-state index < -0.39 is 0 Å². The Labute approximate surface area is 104 Å². The molecule has 0 saturated carbocycles. The maximum Gasteiger partial charge on any atom is 0.206 e. The van der Waals surface area contributed by atoms with E-state index in [0.717, 1.165) is 16.9 Å². The molecule has 86 valence electrons. The van der Waals surface area contributed by atoms with E-state index in [4.69, 9.17) is 5.73 Å². The third kappa shape index (κ3) is 1.61. The van der Waals surface area contributed by atoms with E-state index in [-0.39, 0.29) is 0 Å². The summed E-state index contributed by atoms with van der Waals surface area (Å²) in [6.07, 6.45) is 2.87. The Bertz CT molecular complexity index is 649. The average Bonchev–Trinajstić information content (AvgIpc) is 2.93. The fraction of sp³-hybridized carbons (Fsp3) is 0.154. The lowest BCUT2D eigenvalue weighted by Crippen LogP contribution is -1.94. The Morgan fingerprint density at radius 2 is 2.06 bits per heavy atom. The number of nitrogens with zero attached hydrogens (tertiary/aromatic N) is 2. The number of hydrogen-bond acceptors (Lipinski definition) is 3. The molecule has 3 rings (SSSR count). The van der Waals surface area contributed by atoms with Crippen molar-refractivity contribution in [1.29, 1.82) is 0 Å². The second-order valence-corrected chi connectivity index (χ2v) is 4.85. The number of hydrogen-bond donors (Lipinski definition) is 1. The van der Waals surface area contributed by atoms with Gasteiger partial charge in [-0.15, -0.1) is 11.3 Å². The molecule has 0 atom stereocenters. The summed E-state index contributed by atoms with van der Waals surface area (Å²) in [6, 6.07) is 8.59. The van der Waals surface area contributed by atoms with Crippen molar-refractivity contribution in [3.63, 3.8) is 0 Å². The molecular weight excluding hydrogens is 230 g/mol. The smallest absolute Gasteiger partial charge is 0.206 e. The number of thiazole rings is 1. The van der Waals surface area contributed by atoms with Crippen LogP contribution in [0.2, 0.25) is 0 Å². The molecule has 0 unspecified atom stereocenters. The van der Waals surface area contributed by atoms with Crippen LogP contribution in [0.3, 0.4) is 0 Å². The molecule has 3 aromatic rings. The lowest BCUT2D eigenvalue weighted by molar-refractivity contribution is 1.14. The standard InChI is InChI=1S/C13H13N3S/c1-2-9-3-5-10(6-4-9)11-8-17-12-7-15-13(14)16(11)12/h3-8H,2H2,1H3,(H2,14,15). The SMILES string of the molecule is CCc1ccc(-c2csc3cnc(N)n23)cc1. The number of nitrogens with two attached hydrogens (primary N) is 1. The fourth-order valence-electron chi connectivity index (χ4n) is 1.95. The molecule has 1 aromatic carbocycles. The monoisotopic (exact) mass is 243 g/mol. The zero-order chi connectivity index (χ0) is 11.8. The van der Waals surface area contributed by atoms with Crippen LogP contribution in [0.15, 0.2) is 35.8 Å². The van der Waals surface area contributed by atoms with Crippen molar-refractivity contribution in [1.82, 2.24) is 9.38 Å². The van der Waals surface area contributed by atoms with Gasteiger partial charge in [0.1, 0.15) is 4.83 Å². The van der Waals surface area contributed by atoms with Gasteiger partial charge in [0.2, 0.25) is 5.95 Å². The van der Waals surface area contributed by atoms with Crippen LogP contribution in [0.5, 0.6) is 0 Å². The predicted octanol–water partition coefficient (Wildman–Crippen LogP) is 3.21. The lowest BCUT2D eigenvalue weighted by Gasteiger charge is -2.02. The van der Waals surface area contributed by atoms with E-state index in [2.05, 4.69) is 41.6 Å². The van der Waals surface area contributed by atoms with Crippen LogP contribution in [-0.4, -0.2) is 9.38 Å².